The average molecular weight is 224 g/mol. The van der Waals surface area contributed by atoms with Crippen LogP contribution in [0.4, 0.5) is 0 Å². The van der Waals surface area contributed by atoms with Crippen LogP contribution in [-0.2, 0) is 0 Å². The fourth-order valence-corrected chi connectivity index (χ4v) is 1.08. The Morgan fingerprint density at radius 3 is 2.44 bits per heavy atom. The summed E-state index contributed by atoms with van der Waals surface area (Å²) in [4.78, 5) is 0. The van der Waals surface area contributed by atoms with Crippen LogP contribution in [0.2, 0.25) is 0 Å². The van der Waals surface area contributed by atoms with Gasteiger partial charge < -0.3 is 19.7 Å². The Kier molecular flexibility index (Phi) is 5.39. The number of aliphatic hydroxyl groups excluding tert-OH is 2. The van der Waals surface area contributed by atoms with Crippen LogP contribution in [0.1, 0.15) is 0 Å². The Morgan fingerprint density at radius 1 is 1.25 bits per heavy atom. The Balaban J connectivity index is 2.59. The third kappa shape index (κ3) is 3.92. The molecular formula is C12H16O4. The second-order valence-corrected chi connectivity index (χ2v) is 3.19. The number of ether oxygens (including phenoxy) is 2. The van der Waals surface area contributed by atoms with E-state index in [-0.39, 0.29) is 13.2 Å². The zero-order valence-corrected chi connectivity index (χ0v) is 9.00. The van der Waals surface area contributed by atoms with Crippen LogP contribution in [0.15, 0.2) is 36.9 Å². The van der Waals surface area contributed by atoms with Crippen molar-refractivity contribution < 1.29 is 19.7 Å². The second-order valence-electron chi connectivity index (χ2n) is 3.19. The van der Waals surface area contributed by atoms with Gasteiger partial charge in [-0.1, -0.05) is 24.8 Å². The van der Waals surface area contributed by atoms with E-state index in [1.54, 1.807) is 24.3 Å². The summed E-state index contributed by atoms with van der Waals surface area (Å²) in [6.07, 6.45) is 0.756. The van der Waals surface area contributed by atoms with Gasteiger partial charge in [-0.15, -0.1) is 0 Å². The van der Waals surface area contributed by atoms with Crippen molar-refractivity contribution >= 4 is 0 Å². The van der Waals surface area contributed by atoms with E-state index in [9.17, 15) is 0 Å². The Hall–Kier alpha value is -1.52. The number of hydrogen-bond acceptors (Lipinski definition) is 4. The molecule has 4 nitrogen and oxygen atoms in total. The van der Waals surface area contributed by atoms with Crippen molar-refractivity contribution in [2.75, 3.05) is 19.8 Å². The van der Waals surface area contributed by atoms with Gasteiger partial charge in [0.1, 0.15) is 19.3 Å². The van der Waals surface area contributed by atoms with Gasteiger partial charge in [-0.3, -0.25) is 0 Å². The standard InChI is InChI=1S/C12H16O4/c1-2-7-15-11-5-3-4-6-12(11)16-9-10(14)8-13/h2-6,10,13-14H,1,7-9H2/t10-/m0/s1. The molecule has 0 aromatic heterocycles. The molecule has 1 aromatic carbocycles. The van der Waals surface area contributed by atoms with Crippen LogP contribution in [0, 0.1) is 0 Å². The second kappa shape index (κ2) is 6.87. The van der Waals surface area contributed by atoms with Gasteiger partial charge in [0.15, 0.2) is 11.5 Å². The van der Waals surface area contributed by atoms with E-state index in [0.717, 1.165) is 0 Å². The highest BCUT2D eigenvalue weighted by Crippen LogP contribution is 2.26. The highest BCUT2D eigenvalue weighted by molar-refractivity contribution is 5.39. The largest absolute Gasteiger partial charge is 0.487 e. The molecule has 0 radical (unpaired) electrons. The predicted octanol–water partition coefficient (Wildman–Crippen LogP) is 0.983. The number of aliphatic hydroxyl groups is 2. The molecule has 0 aliphatic heterocycles. The first-order valence-electron chi connectivity index (χ1n) is 5.02. The van der Waals surface area contributed by atoms with E-state index >= 15 is 0 Å². The minimum Gasteiger partial charge on any atom is -0.487 e. The van der Waals surface area contributed by atoms with Gasteiger partial charge in [-0.2, -0.15) is 0 Å². The molecule has 1 aromatic rings. The summed E-state index contributed by atoms with van der Waals surface area (Å²) < 4.78 is 10.7. The molecule has 4 heteroatoms. The average Bonchev–Trinajstić information content (AvgIpc) is 2.34. The summed E-state index contributed by atoms with van der Waals surface area (Å²) in [5.41, 5.74) is 0. The number of hydrogen-bond donors (Lipinski definition) is 2. The summed E-state index contributed by atoms with van der Waals surface area (Å²) in [6.45, 7) is 3.65. The van der Waals surface area contributed by atoms with Gasteiger partial charge in [0.25, 0.3) is 0 Å². The molecular weight excluding hydrogens is 208 g/mol. The molecule has 0 unspecified atom stereocenters. The minimum atomic E-state index is -0.882. The molecule has 0 spiro atoms. The molecule has 1 rings (SSSR count). The van der Waals surface area contributed by atoms with Crippen LogP contribution in [0.25, 0.3) is 0 Å². The van der Waals surface area contributed by atoms with Crippen molar-refractivity contribution in [1.29, 1.82) is 0 Å². The zero-order chi connectivity index (χ0) is 11.8. The monoisotopic (exact) mass is 224 g/mol. The summed E-state index contributed by atoms with van der Waals surface area (Å²) in [7, 11) is 0. The molecule has 0 aliphatic rings. The highest BCUT2D eigenvalue weighted by atomic mass is 16.5. The lowest BCUT2D eigenvalue weighted by Gasteiger charge is -2.13. The fraction of sp³-hybridized carbons (Fsp3) is 0.333. The molecule has 0 saturated heterocycles. The summed E-state index contributed by atoms with van der Waals surface area (Å²) in [5, 5.41) is 17.8. The third-order valence-corrected chi connectivity index (χ3v) is 1.85. The van der Waals surface area contributed by atoms with Crippen LogP contribution in [0.3, 0.4) is 0 Å². The minimum absolute atomic E-state index is 0.0327. The molecule has 0 amide bonds. The molecule has 0 heterocycles. The topological polar surface area (TPSA) is 58.9 Å². The van der Waals surface area contributed by atoms with E-state index < -0.39 is 6.10 Å². The first-order valence-corrected chi connectivity index (χ1v) is 5.02. The van der Waals surface area contributed by atoms with Crippen LogP contribution >= 0.6 is 0 Å². The molecule has 0 fully saturated rings. The van der Waals surface area contributed by atoms with Crippen LogP contribution < -0.4 is 9.47 Å². The molecule has 88 valence electrons. The maximum absolute atomic E-state index is 9.15. The Labute approximate surface area is 94.7 Å². The molecule has 0 aliphatic carbocycles. The number of para-hydroxylation sites is 2. The van der Waals surface area contributed by atoms with E-state index in [1.165, 1.54) is 0 Å². The van der Waals surface area contributed by atoms with Crippen molar-refractivity contribution in [3.8, 4) is 11.5 Å². The number of benzene rings is 1. The quantitative estimate of drug-likeness (QED) is 0.678. The maximum Gasteiger partial charge on any atom is 0.161 e. The molecule has 2 N–H and O–H groups in total. The van der Waals surface area contributed by atoms with Gasteiger partial charge in [-0.25, -0.2) is 0 Å². The first-order chi connectivity index (χ1) is 7.77. The molecule has 0 saturated carbocycles. The lowest BCUT2D eigenvalue weighted by atomic mass is 10.3. The van der Waals surface area contributed by atoms with E-state index in [0.29, 0.717) is 18.1 Å². The van der Waals surface area contributed by atoms with E-state index in [1.807, 2.05) is 6.07 Å². The van der Waals surface area contributed by atoms with Crippen molar-refractivity contribution in [3.63, 3.8) is 0 Å². The third-order valence-electron chi connectivity index (χ3n) is 1.85. The van der Waals surface area contributed by atoms with E-state index in [4.69, 9.17) is 19.7 Å². The predicted molar refractivity (Wildman–Crippen MR) is 60.7 cm³/mol. The highest BCUT2D eigenvalue weighted by Gasteiger charge is 2.07. The van der Waals surface area contributed by atoms with Gasteiger partial charge >= 0.3 is 0 Å². The SMILES string of the molecule is C=CCOc1ccccc1OC[C@@H](O)CO. The summed E-state index contributed by atoms with van der Waals surface area (Å²) >= 11 is 0. The summed E-state index contributed by atoms with van der Waals surface area (Å²) in [5.74, 6) is 1.13. The zero-order valence-electron chi connectivity index (χ0n) is 9.00. The smallest absolute Gasteiger partial charge is 0.161 e. The van der Waals surface area contributed by atoms with Crippen molar-refractivity contribution in [1.82, 2.24) is 0 Å². The lowest BCUT2D eigenvalue weighted by molar-refractivity contribution is 0.0526. The molecule has 16 heavy (non-hydrogen) atoms. The van der Waals surface area contributed by atoms with E-state index in [2.05, 4.69) is 6.58 Å². The van der Waals surface area contributed by atoms with Crippen LogP contribution in [-0.4, -0.2) is 36.1 Å². The fourth-order valence-electron chi connectivity index (χ4n) is 1.08. The van der Waals surface area contributed by atoms with Crippen molar-refractivity contribution in [3.05, 3.63) is 36.9 Å². The van der Waals surface area contributed by atoms with Gasteiger partial charge in [0.05, 0.1) is 6.61 Å². The molecule has 0 bridgehead atoms. The Bertz CT molecular complexity index is 325. The number of rotatable bonds is 7. The summed E-state index contributed by atoms with van der Waals surface area (Å²) in [6, 6.07) is 7.14. The van der Waals surface area contributed by atoms with Crippen molar-refractivity contribution in [2.45, 2.75) is 6.10 Å². The van der Waals surface area contributed by atoms with Crippen LogP contribution in [0.5, 0.6) is 11.5 Å². The van der Waals surface area contributed by atoms with Gasteiger partial charge in [-0.05, 0) is 12.1 Å². The van der Waals surface area contributed by atoms with Crippen molar-refractivity contribution in [2.24, 2.45) is 0 Å². The Morgan fingerprint density at radius 2 is 1.88 bits per heavy atom. The van der Waals surface area contributed by atoms with Gasteiger partial charge in [0.2, 0.25) is 0 Å². The first kappa shape index (κ1) is 12.5. The lowest BCUT2D eigenvalue weighted by Crippen LogP contribution is -2.21. The molecule has 1 atom stereocenters. The maximum atomic E-state index is 9.15. The normalized spacial score (nSPS) is 11.9. The van der Waals surface area contributed by atoms with Gasteiger partial charge in [0, 0.05) is 0 Å².